The van der Waals surface area contributed by atoms with Crippen molar-refractivity contribution >= 4 is 28.6 Å². The van der Waals surface area contributed by atoms with Crippen molar-refractivity contribution in [1.82, 2.24) is 14.9 Å². The van der Waals surface area contributed by atoms with Gasteiger partial charge in [0.15, 0.2) is 5.16 Å². The molecule has 1 heterocycles. The molecule has 0 spiro atoms. The van der Waals surface area contributed by atoms with Crippen molar-refractivity contribution in [3.05, 3.63) is 58.4 Å². The minimum absolute atomic E-state index is 0.0267. The summed E-state index contributed by atoms with van der Waals surface area (Å²) < 4.78 is 7.15. The van der Waals surface area contributed by atoms with E-state index in [4.69, 9.17) is 9.72 Å². The van der Waals surface area contributed by atoms with Gasteiger partial charge in [0.2, 0.25) is 5.91 Å². The first kappa shape index (κ1) is 24.3. The molecule has 0 bridgehead atoms. The number of hydrogen-bond acceptors (Lipinski definition) is 5. The number of rotatable bonds is 6. The number of ether oxygens (including phenoxy) is 1. The summed E-state index contributed by atoms with van der Waals surface area (Å²) in [5, 5.41) is 3.84. The summed E-state index contributed by atoms with van der Waals surface area (Å²) in [7, 11) is 1.59. The van der Waals surface area contributed by atoms with E-state index in [9.17, 15) is 9.59 Å². The third kappa shape index (κ3) is 4.85. The van der Waals surface area contributed by atoms with Gasteiger partial charge >= 0.3 is 0 Å². The van der Waals surface area contributed by atoms with E-state index in [1.807, 2.05) is 50.2 Å². The number of carbonyl (C=O) groups excluding carboxylic acids is 1. The number of hydrogen-bond donors (Lipinski definition) is 1. The molecule has 34 heavy (non-hydrogen) atoms. The Labute approximate surface area is 205 Å². The van der Waals surface area contributed by atoms with Gasteiger partial charge in [-0.05, 0) is 61.9 Å². The van der Waals surface area contributed by atoms with Crippen LogP contribution in [-0.4, -0.2) is 33.9 Å². The number of aryl methyl sites for hydroxylation is 1. The molecule has 1 saturated carbocycles. The number of methoxy groups -OCH3 is 1. The fourth-order valence-electron chi connectivity index (χ4n) is 4.68. The molecule has 1 amide bonds. The third-order valence-corrected chi connectivity index (χ3v) is 8.06. The van der Waals surface area contributed by atoms with Gasteiger partial charge in [-0.3, -0.25) is 14.2 Å². The van der Waals surface area contributed by atoms with Gasteiger partial charge in [0.05, 0.1) is 29.0 Å². The van der Waals surface area contributed by atoms with Crippen LogP contribution in [-0.2, 0) is 4.79 Å². The van der Waals surface area contributed by atoms with Crippen LogP contribution in [0, 0.1) is 18.8 Å². The zero-order chi connectivity index (χ0) is 24.4. The number of benzene rings is 2. The van der Waals surface area contributed by atoms with Crippen LogP contribution in [0.15, 0.2) is 52.4 Å². The normalized spacial score (nSPS) is 21.3. The molecule has 0 saturated heterocycles. The summed E-state index contributed by atoms with van der Waals surface area (Å²) in [5.41, 5.74) is 2.05. The van der Waals surface area contributed by atoms with Crippen LogP contribution in [0.3, 0.4) is 0 Å². The molecule has 1 aliphatic carbocycles. The minimum atomic E-state index is -0.417. The van der Waals surface area contributed by atoms with Gasteiger partial charge in [-0.2, -0.15) is 0 Å². The van der Waals surface area contributed by atoms with Gasteiger partial charge in [-0.25, -0.2) is 4.98 Å². The monoisotopic (exact) mass is 479 g/mol. The number of fused-ring (bicyclic) bond motifs is 1. The maximum Gasteiger partial charge on any atom is 0.266 e. The first-order chi connectivity index (χ1) is 16.3. The Morgan fingerprint density at radius 2 is 1.97 bits per heavy atom. The predicted molar refractivity (Wildman–Crippen MR) is 138 cm³/mol. The molecule has 0 radical (unpaired) electrons. The fraction of sp³-hybridized carbons (Fsp3) is 0.444. The van der Waals surface area contributed by atoms with Crippen molar-refractivity contribution < 1.29 is 9.53 Å². The van der Waals surface area contributed by atoms with Crippen LogP contribution in [0.4, 0.5) is 0 Å². The second-order valence-electron chi connectivity index (χ2n) is 9.37. The second-order valence-corrected chi connectivity index (χ2v) is 10.7. The van der Waals surface area contributed by atoms with E-state index >= 15 is 0 Å². The number of carbonyl (C=O) groups is 1. The van der Waals surface area contributed by atoms with Crippen molar-refractivity contribution in [2.75, 3.05) is 7.11 Å². The van der Waals surface area contributed by atoms with Crippen LogP contribution >= 0.6 is 11.8 Å². The van der Waals surface area contributed by atoms with Crippen molar-refractivity contribution in [1.29, 1.82) is 0 Å². The predicted octanol–water partition coefficient (Wildman–Crippen LogP) is 5.12. The molecule has 4 atom stereocenters. The molecule has 6 nitrogen and oxygen atoms in total. The van der Waals surface area contributed by atoms with Gasteiger partial charge in [0, 0.05) is 6.04 Å². The molecular formula is C27H33N3O3S. The highest BCUT2D eigenvalue weighted by atomic mass is 32.2. The molecule has 3 aromatic rings. The summed E-state index contributed by atoms with van der Waals surface area (Å²) in [4.78, 5) is 31.6. The molecule has 1 fully saturated rings. The Kier molecular flexibility index (Phi) is 7.31. The summed E-state index contributed by atoms with van der Waals surface area (Å²) in [6.07, 6.45) is 3.36. The molecule has 4 rings (SSSR count). The summed E-state index contributed by atoms with van der Waals surface area (Å²) >= 11 is 1.30. The number of thioether (sulfide) groups is 1. The van der Waals surface area contributed by atoms with Crippen LogP contribution in [0.5, 0.6) is 5.75 Å². The SMILES string of the molecule is COc1ccc(C)cc1-n1c(S[C@H](C)C(=O)N[C@@H]2CCC[C@H](C)[C@H]2C)nc2ccccc2c1=O. The quantitative estimate of drug-likeness (QED) is 0.392. The van der Waals surface area contributed by atoms with E-state index in [0.29, 0.717) is 39.3 Å². The first-order valence-electron chi connectivity index (χ1n) is 11.9. The highest BCUT2D eigenvalue weighted by Gasteiger charge is 2.30. The van der Waals surface area contributed by atoms with Crippen molar-refractivity contribution in [3.8, 4) is 11.4 Å². The van der Waals surface area contributed by atoms with Gasteiger partial charge in [-0.15, -0.1) is 0 Å². The van der Waals surface area contributed by atoms with Crippen molar-refractivity contribution in [3.63, 3.8) is 0 Å². The molecular weight excluding hydrogens is 446 g/mol. The van der Waals surface area contributed by atoms with Gasteiger partial charge in [-0.1, -0.05) is 56.7 Å². The number of aromatic nitrogens is 2. The summed E-state index contributed by atoms with van der Waals surface area (Å²) in [6, 6.07) is 13.2. The van der Waals surface area contributed by atoms with Crippen LogP contribution in [0.25, 0.3) is 16.6 Å². The molecule has 1 aromatic heterocycles. The lowest BCUT2D eigenvalue weighted by molar-refractivity contribution is -0.121. The highest BCUT2D eigenvalue weighted by Crippen LogP contribution is 2.32. The fourth-order valence-corrected chi connectivity index (χ4v) is 5.61. The van der Waals surface area contributed by atoms with E-state index in [2.05, 4.69) is 19.2 Å². The molecule has 7 heteroatoms. The number of nitrogens with zero attached hydrogens (tertiary/aromatic N) is 2. The molecule has 1 N–H and O–H groups in total. The lowest BCUT2D eigenvalue weighted by Crippen LogP contribution is -2.46. The van der Waals surface area contributed by atoms with Gasteiger partial charge < -0.3 is 10.1 Å². The van der Waals surface area contributed by atoms with Crippen molar-refractivity contribution in [2.24, 2.45) is 11.8 Å². The lowest BCUT2D eigenvalue weighted by atomic mass is 9.78. The largest absolute Gasteiger partial charge is 0.495 e. The van der Waals surface area contributed by atoms with E-state index in [0.717, 1.165) is 18.4 Å². The Balaban J connectivity index is 1.72. The second kappa shape index (κ2) is 10.2. The van der Waals surface area contributed by atoms with E-state index in [1.54, 1.807) is 17.7 Å². The molecule has 2 aromatic carbocycles. The Morgan fingerprint density at radius 3 is 2.74 bits per heavy atom. The maximum atomic E-state index is 13.6. The zero-order valence-electron chi connectivity index (χ0n) is 20.5. The van der Waals surface area contributed by atoms with Crippen molar-refractivity contribution in [2.45, 2.75) is 63.4 Å². The lowest BCUT2D eigenvalue weighted by Gasteiger charge is -2.35. The van der Waals surface area contributed by atoms with E-state index < -0.39 is 5.25 Å². The minimum Gasteiger partial charge on any atom is -0.495 e. The molecule has 180 valence electrons. The molecule has 0 unspecified atom stereocenters. The zero-order valence-corrected chi connectivity index (χ0v) is 21.3. The third-order valence-electron chi connectivity index (χ3n) is 7.01. The number of para-hydroxylation sites is 1. The maximum absolute atomic E-state index is 13.6. The average Bonchev–Trinajstić information content (AvgIpc) is 2.82. The highest BCUT2D eigenvalue weighted by molar-refractivity contribution is 8.00. The van der Waals surface area contributed by atoms with Crippen LogP contribution in [0.1, 0.15) is 45.6 Å². The van der Waals surface area contributed by atoms with Crippen LogP contribution in [0.2, 0.25) is 0 Å². The molecule has 0 aliphatic heterocycles. The summed E-state index contributed by atoms with van der Waals surface area (Å²) in [5.74, 6) is 1.60. The average molecular weight is 480 g/mol. The van der Waals surface area contributed by atoms with E-state index in [-0.39, 0.29) is 17.5 Å². The van der Waals surface area contributed by atoms with Gasteiger partial charge in [0.25, 0.3) is 5.56 Å². The smallest absolute Gasteiger partial charge is 0.266 e. The Bertz CT molecular complexity index is 1260. The first-order valence-corrected chi connectivity index (χ1v) is 12.8. The standard InChI is InChI=1S/C27H33N3O3S/c1-16-13-14-24(33-5)23(15-16)30-26(32)20-10-6-7-11-22(20)29-27(30)34-19(4)25(31)28-21-12-8-9-17(2)18(21)3/h6-7,10-11,13-15,17-19,21H,8-9,12H2,1-5H3,(H,28,31)/t17-,18+,19+,21+/m0/s1. The topological polar surface area (TPSA) is 73.2 Å². The Morgan fingerprint density at radius 1 is 1.21 bits per heavy atom. The Hall–Kier alpha value is -2.80. The summed E-state index contributed by atoms with van der Waals surface area (Å²) in [6.45, 7) is 8.32. The number of nitrogens with one attached hydrogen (secondary N) is 1. The van der Waals surface area contributed by atoms with Gasteiger partial charge in [0.1, 0.15) is 5.75 Å². The van der Waals surface area contributed by atoms with Crippen LogP contribution < -0.4 is 15.6 Å². The van der Waals surface area contributed by atoms with E-state index in [1.165, 1.54) is 18.2 Å². The molecule has 1 aliphatic rings. The number of amides is 1.